The van der Waals surface area contributed by atoms with E-state index in [-0.39, 0.29) is 10.5 Å². The molecule has 0 atom stereocenters. The molecule has 0 radical (unpaired) electrons. The zero-order valence-corrected chi connectivity index (χ0v) is 8.94. The van der Waals surface area contributed by atoms with Crippen molar-refractivity contribution in [1.29, 1.82) is 0 Å². The van der Waals surface area contributed by atoms with Gasteiger partial charge in [-0.1, -0.05) is 12.1 Å². The van der Waals surface area contributed by atoms with Crippen LogP contribution in [-0.2, 0) is 10.0 Å². The number of benzene rings is 1. The predicted molar refractivity (Wildman–Crippen MR) is 56.3 cm³/mol. The van der Waals surface area contributed by atoms with Crippen molar-refractivity contribution >= 4 is 15.9 Å². The monoisotopic (exact) mass is 252 g/mol. The minimum Gasteiger partial charge on any atom is -0.287 e. The summed E-state index contributed by atoms with van der Waals surface area (Å²) in [5.74, 6) is -0.925. The van der Waals surface area contributed by atoms with Gasteiger partial charge in [0, 0.05) is 19.9 Å². The number of hydrogen-bond acceptors (Lipinski definition) is 3. The molecule has 0 N–H and O–H groups in total. The van der Waals surface area contributed by atoms with Gasteiger partial charge in [0.05, 0.1) is 4.90 Å². The van der Waals surface area contributed by atoms with Gasteiger partial charge in [-0.2, -0.15) is 0 Å². The first-order valence-corrected chi connectivity index (χ1v) is 5.46. The molecular formula is C7H4N6O3S. The predicted octanol–water partition coefficient (Wildman–Crippen LogP) is 2.14. The molecule has 0 unspecified atom stereocenters. The van der Waals surface area contributed by atoms with Crippen LogP contribution in [0.25, 0.3) is 20.9 Å². The van der Waals surface area contributed by atoms with E-state index >= 15 is 0 Å². The fraction of sp³-hybridized carbons (Fsp3) is 0. The molecule has 1 rings (SSSR count). The van der Waals surface area contributed by atoms with Gasteiger partial charge in [0.1, 0.15) is 0 Å². The number of rotatable bonds is 3. The fourth-order valence-corrected chi connectivity index (χ4v) is 1.70. The van der Waals surface area contributed by atoms with Crippen LogP contribution in [0.15, 0.2) is 38.8 Å². The second-order valence-electron chi connectivity index (χ2n) is 2.67. The number of sulfonamides is 1. The molecule has 10 heteroatoms. The Morgan fingerprint density at radius 2 is 1.94 bits per heavy atom. The summed E-state index contributed by atoms with van der Waals surface area (Å²) < 4.78 is 25.3. The van der Waals surface area contributed by atoms with E-state index in [1.54, 1.807) is 0 Å². The van der Waals surface area contributed by atoms with Crippen molar-refractivity contribution in [2.24, 2.45) is 9.63 Å². The average Bonchev–Trinajstić information content (AvgIpc) is 2.29. The van der Waals surface area contributed by atoms with Crippen molar-refractivity contribution in [1.82, 2.24) is 0 Å². The van der Waals surface area contributed by atoms with Gasteiger partial charge in [-0.25, -0.2) is 8.42 Å². The molecule has 0 bridgehead atoms. The molecule has 0 saturated heterocycles. The smallest absolute Gasteiger partial charge is 0.264 e. The van der Waals surface area contributed by atoms with Crippen LogP contribution in [-0.4, -0.2) is 14.3 Å². The Morgan fingerprint density at radius 3 is 2.53 bits per heavy atom. The summed E-state index contributed by atoms with van der Waals surface area (Å²) in [6, 6.07) is 4.64. The molecule has 1 amide bonds. The number of carbonyl (C=O) groups excluding carboxylic acids is 1. The van der Waals surface area contributed by atoms with Crippen molar-refractivity contribution in [2.75, 3.05) is 0 Å². The molecule has 0 aliphatic rings. The third-order valence-electron chi connectivity index (χ3n) is 1.66. The Morgan fingerprint density at radius 1 is 1.24 bits per heavy atom. The van der Waals surface area contributed by atoms with Gasteiger partial charge >= 0.3 is 0 Å². The van der Waals surface area contributed by atoms with Crippen LogP contribution in [0.3, 0.4) is 0 Å². The highest BCUT2D eigenvalue weighted by Crippen LogP contribution is 2.15. The Balaban J connectivity index is 3.32. The molecule has 17 heavy (non-hydrogen) atoms. The third kappa shape index (κ3) is 2.95. The first kappa shape index (κ1) is 12.5. The minimum atomic E-state index is -4.16. The van der Waals surface area contributed by atoms with Crippen molar-refractivity contribution in [3.05, 3.63) is 50.7 Å². The van der Waals surface area contributed by atoms with Crippen molar-refractivity contribution < 1.29 is 13.2 Å². The average molecular weight is 252 g/mol. The quantitative estimate of drug-likeness (QED) is 0.460. The minimum absolute atomic E-state index is 0.114. The Bertz CT molecular complexity index is 654. The summed E-state index contributed by atoms with van der Waals surface area (Å²) in [5, 5.41) is 2.81. The lowest BCUT2D eigenvalue weighted by Crippen LogP contribution is -1.99. The van der Waals surface area contributed by atoms with Crippen LogP contribution in [0.2, 0.25) is 0 Å². The van der Waals surface area contributed by atoms with E-state index in [4.69, 9.17) is 11.1 Å². The number of azide groups is 2. The standard InChI is InChI=1S/C7H4N6O3S/c8-11-10-7(14)5-2-1-3-6(4-5)17(15,16)13-12-9/h1-4H. The molecule has 0 aliphatic heterocycles. The van der Waals surface area contributed by atoms with Crippen LogP contribution in [0, 0.1) is 0 Å². The molecule has 1 aromatic carbocycles. The Labute approximate surface area is 95.0 Å². The Kier molecular flexibility index (Phi) is 3.68. The molecule has 0 heterocycles. The number of amides is 1. The second kappa shape index (κ2) is 4.99. The lowest BCUT2D eigenvalue weighted by Gasteiger charge is -1.99. The maximum absolute atomic E-state index is 11.3. The van der Waals surface area contributed by atoms with Gasteiger partial charge in [0.25, 0.3) is 10.0 Å². The van der Waals surface area contributed by atoms with Crippen LogP contribution >= 0.6 is 0 Å². The zero-order chi connectivity index (χ0) is 12.9. The topological polar surface area (TPSA) is 149 Å². The molecule has 0 fully saturated rings. The van der Waals surface area contributed by atoms with Crippen LogP contribution in [0.1, 0.15) is 10.4 Å². The summed E-state index contributed by atoms with van der Waals surface area (Å²) in [7, 11) is -4.16. The van der Waals surface area contributed by atoms with Crippen LogP contribution < -0.4 is 0 Å². The first-order valence-electron chi connectivity index (χ1n) is 4.02. The van der Waals surface area contributed by atoms with Crippen molar-refractivity contribution in [3.63, 3.8) is 0 Å². The van der Waals surface area contributed by atoms with E-state index in [1.807, 2.05) is 0 Å². The maximum atomic E-state index is 11.3. The van der Waals surface area contributed by atoms with E-state index < -0.39 is 15.9 Å². The molecule has 86 valence electrons. The molecule has 0 aliphatic carbocycles. The highest BCUT2D eigenvalue weighted by Gasteiger charge is 2.13. The molecule has 0 saturated carbocycles. The van der Waals surface area contributed by atoms with Gasteiger partial charge < -0.3 is 0 Å². The van der Waals surface area contributed by atoms with Crippen molar-refractivity contribution in [2.45, 2.75) is 4.90 Å². The van der Waals surface area contributed by atoms with Gasteiger partial charge in [-0.15, -0.1) is 0 Å². The summed E-state index contributed by atoms with van der Waals surface area (Å²) >= 11 is 0. The van der Waals surface area contributed by atoms with E-state index in [0.29, 0.717) is 0 Å². The van der Waals surface area contributed by atoms with Gasteiger partial charge in [0.2, 0.25) is 5.91 Å². The highest BCUT2D eigenvalue weighted by molar-refractivity contribution is 7.90. The first-order chi connectivity index (χ1) is 8.01. The summed E-state index contributed by atoms with van der Waals surface area (Å²) in [6.07, 6.45) is 0. The lowest BCUT2D eigenvalue weighted by atomic mass is 10.2. The van der Waals surface area contributed by atoms with Crippen molar-refractivity contribution in [3.8, 4) is 0 Å². The molecule has 9 nitrogen and oxygen atoms in total. The number of hydrogen-bond donors (Lipinski definition) is 0. The molecule has 0 aromatic heterocycles. The van der Waals surface area contributed by atoms with E-state index in [9.17, 15) is 13.2 Å². The highest BCUT2D eigenvalue weighted by atomic mass is 32.2. The Hall–Kier alpha value is -2.54. The molecular weight excluding hydrogens is 248 g/mol. The summed E-state index contributed by atoms with van der Waals surface area (Å²) in [5.41, 5.74) is 16.0. The summed E-state index contributed by atoms with van der Waals surface area (Å²) in [4.78, 5) is 15.3. The number of nitrogens with zero attached hydrogens (tertiary/aromatic N) is 6. The van der Waals surface area contributed by atoms with Gasteiger partial charge in [-0.3, -0.25) is 4.79 Å². The van der Waals surface area contributed by atoms with E-state index in [2.05, 4.69) is 19.5 Å². The van der Waals surface area contributed by atoms with Crippen LogP contribution in [0.5, 0.6) is 0 Å². The largest absolute Gasteiger partial charge is 0.287 e. The lowest BCUT2D eigenvalue weighted by molar-refractivity contribution is 0.1000. The van der Waals surface area contributed by atoms with Crippen LogP contribution in [0.4, 0.5) is 0 Å². The van der Waals surface area contributed by atoms with E-state index in [0.717, 1.165) is 12.1 Å². The maximum Gasteiger partial charge on any atom is 0.264 e. The SMILES string of the molecule is [N-]=[N+]=NC(=O)c1cccc(S(=O)(=O)N=[N+]=[N-])c1. The summed E-state index contributed by atoms with van der Waals surface area (Å²) in [6.45, 7) is 0. The van der Waals surface area contributed by atoms with Gasteiger partial charge in [0.15, 0.2) is 0 Å². The molecule has 0 spiro atoms. The fourth-order valence-electron chi connectivity index (χ4n) is 0.983. The second-order valence-corrected chi connectivity index (χ2v) is 4.25. The van der Waals surface area contributed by atoms with E-state index in [1.165, 1.54) is 12.1 Å². The number of carbonyl (C=O) groups is 1. The third-order valence-corrected chi connectivity index (χ3v) is 2.80. The molecule has 1 aromatic rings. The zero-order valence-electron chi connectivity index (χ0n) is 8.13. The normalized spacial score (nSPS) is 9.88. The van der Waals surface area contributed by atoms with Gasteiger partial charge in [-0.05, 0) is 28.3 Å².